The molecule has 1 aromatic rings. The van der Waals surface area contributed by atoms with Crippen LogP contribution in [0.2, 0.25) is 10.3 Å². The Hall–Kier alpha value is -0.540. The van der Waals surface area contributed by atoms with Crippen LogP contribution in [0.4, 0.5) is 5.69 Å². The Morgan fingerprint density at radius 1 is 0.938 bits per heavy atom. The van der Waals surface area contributed by atoms with Gasteiger partial charge < -0.3 is 4.90 Å². The van der Waals surface area contributed by atoms with E-state index in [0.717, 1.165) is 18.8 Å². The summed E-state index contributed by atoms with van der Waals surface area (Å²) in [5.74, 6) is 0. The average molecular weight is 260 g/mol. The largest absolute Gasteiger partial charge is 0.369 e. The van der Waals surface area contributed by atoms with Gasteiger partial charge in [-0.05, 0) is 12.8 Å². The molecule has 16 heavy (non-hydrogen) atoms. The van der Waals surface area contributed by atoms with E-state index < -0.39 is 0 Å². The van der Waals surface area contributed by atoms with Crippen LogP contribution in [-0.2, 0) is 0 Å². The van der Waals surface area contributed by atoms with E-state index in [9.17, 15) is 0 Å². The molecule has 5 heteroatoms. The summed E-state index contributed by atoms with van der Waals surface area (Å²) in [6.07, 6.45) is 6.34. The minimum atomic E-state index is 0.404. The summed E-state index contributed by atoms with van der Waals surface area (Å²) >= 11 is 11.9. The number of halogens is 2. The van der Waals surface area contributed by atoms with E-state index >= 15 is 0 Å². The first kappa shape index (κ1) is 11.9. The molecular formula is C11H15Cl2N3. The maximum Gasteiger partial charge on any atom is 0.175 e. The van der Waals surface area contributed by atoms with Gasteiger partial charge in [0.2, 0.25) is 0 Å². The molecule has 0 saturated carbocycles. The Labute approximate surface area is 106 Å². The van der Waals surface area contributed by atoms with Crippen molar-refractivity contribution in [3.05, 3.63) is 16.4 Å². The van der Waals surface area contributed by atoms with Gasteiger partial charge in [0.05, 0.1) is 5.69 Å². The van der Waals surface area contributed by atoms with Crippen LogP contribution in [0.5, 0.6) is 0 Å². The van der Waals surface area contributed by atoms with Crippen LogP contribution in [0.25, 0.3) is 0 Å². The van der Waals surface area contributed by atoms with Crippen LogP contribution in [0.3, 0.4) is 0 Å². The van der Waals surface area contributed by atoms with Crippen molar-refractivity contribution in [3.63, 3.8) is 0 Å². The first-order valence-electron chi connectivity index (χ1n) is 5.71. The highest BCUT2D eigenvalue weighted by molar-refractivity contribution is 6.33. The summed E-state index contributed by atoms with van der Waals surface area (Å²) in [6.45, 7) is 2.06. The van der Waals surface area contributed by atoms with Crippen molar-refractivity contribution in [3.8, 4) is 0 Å². The van der Waals surface area contributed by atoms with E-state index in [1.54, 1.807) is 6.07 Å². The van der Waals surface area contributed by atoms with Crippen molar-refractivity contribution >= 4 is 28.9 Å². The summed E-state index contributed by atoms with van der Waals surface area (Å²) in [6, 6.07) is 1.80. The third-order valence-electron chi connectivity index (χ3n) is 2.90. The Morgan fingerprint density at radius 3 is 2.25 bits per heavy atom. The van der Waals surface area contributed by atoms with Crippen molar-refractivity contribution < 1.29 is 0 Å². The van der Waals surface area contributed by atoms with Crippen LogP contribution in [0.15, 0.2) is 6.07 Å². The van der Waals surface area contributed by atoms with Gasteiger partial charge in [-0.1, -0.05) is 42.5 Å². The number of rotatable bonds is 1. The minimum Gasteiger partial charge on any atom is -0.369 e. The van der Waals surface area contributed by atoms with Gasteiger partial charge in [-0.25, -0.2) is 0 Å². The van der Waals surface area contributed by atoms with E-state index in [1.165, 1.54) is 32.1 Å². The number of hydrogen-bond donors (Lipinski definition) is 0. The fourth-order valence-corrected chi connectivity index (χ4v) is 2.41. The lowest BCUT2D eigenvalue weighted by molar-refractivity contribution is 0.556. The molecule has 0 aliphatic carbocycles. The zero-order valence-corrected chi connectivity index (χ0v) is 10.6. The van der Waals surface area contributed by atoms with Crippen LogP contribution in [-0.4, -0.2) is 23.3 Å². The summed E-state index contributed by atoms with van der Waals surface area (Å²) in [4.78, 5) is 2.27. The van der Waals surface area contributed by atoms with Gasteiger partial charge in [-0.15, -0.1) is 10.2 Å². The molecule has 0 atom stereocenters. The Kier molecular flexibility index (Phi) is 4.24. The maximum atomic E-state index is 6.05. The monoisotopic (exact) mass is 259 g/mol. The van der Waals surface area contributed by atoms with Gasteiger partial charge in [-0.2, -0.15) is 0 Å². The Morgan fingerprint density at radius 2 is 1.56 bits per heavy atom. The molecule has 0 radical (unpaired) electrons. The quantitative estimate of drug-likeness (QED) is 0.773. The number of aromatic nitrogens is 2. The molecule has 0 spiro atoms. The Balaban J connectivity index is 2.16. The minimum absolute atomic E-state index is 0.404. The van der Waals surface area contributed by atoms with Gasteiger partial charge in [0.25, 0.3) is 0 Å². The lowest BCUT2D eigenvalue weighted by Crippen LogP contribution is -2.27. The van der Waals surface area contributed by atoms with Crippen molar-refractivity contribution in [2.45, 2.75) is 32.1 Å². The fraction of sp³-hybridized carbons (Fsp3) is 0.636. The number of hydrogen-bond acceptors (Lipinski definition) is 3. The molecule has 1 fully saturated rings. The lowest BCUT2D eigenvalue weighted by Gasteiger charge is -2.27. The molecule has 2 rings (SSSR count). The highest BCUT2D eigenvalue weighted by Crippen LogP contribution is 2.27. The lowest BCUT2D eigenvalue weighted by atomic mass is 10.1. The molecule has 0 aromatic carbocycles. The summed E-state index contributed by atoms with van der Waals surface area (Å²) in [5, 5.41) is 8.44. The van der Waals surface area contributed by atoms with Crippen LogP contribution in [0.1, 0.15) is 32.1 Å². The van der Waals surface area contributed by atoms with Gasteiger partial charge in [0.1, 0.15) is 0 Å². The van der Waals surface area contributed by atoms with Gasteiger partial charge in [0.15, 0.2) is 10.3 Å². The topological polar surface area (TPSA) is 29.0 Å². The normalized spacial score (nSPS) is 18.0. The average Bonchev–Trinajstić information content (AvgIpc) is 2.22. The molecule has 1 aliphatic heterocycles. The van der Waals surface area contributed by atoms with Crippen molar-refractivity contribution in [2.24, 2.45) is 0 Å². The molecule has 0 bridgehead atoms. The SMILES string of the molecule is Clc1cc(N2CCCCCCC2)c(Cl)nn1. The third-order valence-corrected chi connectivity index (χ3v) is 3.35. The van der Waals surface area contributed by atoms with E-state index in [0.29, 0.717) is 10.3 Å². The smallest absolute Gasteiger partial charge is 0.175 e. The zero-order valence-electron chi connectivity index (χ0n) is 9.12. The predicted molar refractivity (Wildman–Crippen MR) is 67.4 cm³/mol. The molecule has 1 aliphatic rings. The molecule has 0 unspecified atom stereocenters. The fourth-order valence-electron chi connectivity index (χ4n) is 2.05. The molecule has 1 aromatic heterocycles. The van der Waals surface area contributed by atoms with Crippen molar-refractivity contribution in [1.82, 2.24) is 10.2 Å². The summed E-state index contributed by atoms with van der Waals surface area (Å²) in [7, 11) is 0. The standard InChI is InChI=1S/C11H15Cl2N3/c12-10-8-9(11(13)15-14-10)16-6-4-2-1-3-5-7-16/h8H,1-7H2. The second-order valence-corrected chi connectivity index (χ2v) is 4.84. The Bertz CT molecular complexity index is 349. The highest BCUT2D eigenvalue weighted by atomic mass is 35.5. The summed E-state index contributed by atoms with van der Waals surface area (Å²) < 4.78 is 0. The van der Waals surface area contributed by atoms with Gasteiger partial charge in [0, 0.05) is 19.2 Å². The zero-order chi connectivity index (χ0) is 11.4. The van der Waals surface area contributed by atoms with Crippen LogP contribution < -0.4 is 4.90 Å². The molecule has 1 saturated heterocycles. The van der Waals surface area contributed by atoms with Crippen LogP contribution >= 0.6 is 23.2 Å². The van der Waals surface area contributed by atoms with Crippen LogP contribution in [0, 0.1) is 0 Å². The molecular weight excluding hydrogens is 245 g/mol. The second-order valence-electron chi connectivity index (χ2n) is 4.10. The highest BCUT2D eigenvalue weighted by Gasteiger charge is 2.14. The summed E-state index contributed by atoms with van der Waals surface area (Å²) in [5.41, 5.74) is 0.920. The van der Waals surface area contributed by atoms with E-state index in [1.807, 2.05) is 0 Å². The van der Waals surface area contributed by atoms with Crippen molar-refractivity contribution in [1.29, 1.82) is 0 Å². The van der Waals surface area contributed by atoms with E-state index in [-0.39, 0.29) is 0 Å². The van der Waals surface area contributed by atoms with E-state index in [4.69, 9.17) is 23.2 Å². The predicted octanol–water partition coefficient (Wildman–Crippen LogP) is 3.55. The molecule has 0 N–H and O–H groups in total. The first-order valence-corrected chi connectivity index (χ1v) is 6.46. The maximum absolute atomic E-state index is 6.05. The first-order chi connectivity index (χ1) is 7.77. The van der Waals surface area contributed by atoms with Crippen molar-refractivity contribution in [2.75, 3.05) is 18.0 Å². The molecule has 3 nitrogen and oxygen atoms in total. The van der Waals surface area contributed by atoms with Gasteiger partial charge >= 0.3 is 0 Å². The molecule has 0 amide bonds. The second kappa shape index (κ2) is 5.69. The number of nitrogens with zero attached hydrogens (tertiary/aromatic N) is 3. The molecule has 2 heterocycles. The molecule has 88 valence electrons. The number of anilines is 1. The van der Waals surface area contributed by atoms with Gasteiger partial charge in [-0.3, -0.25) is 0 Å². The third kappa shape index (κ3) is 2.98. The van der Waals surface area contributed by atoms with E-state index in [2.05, 4.69) is 15.1 Å².